The monoisotopic (exact) mass is 347 g/mol. The summed E-state index contributed by atoms with van der Waals surface area (Å²) in [6, 6.07) is 6.49. The average molecular weight is 347 g/mol. The number of ketones is 1. The maximum atomic E-state index is 13.2. The Morgan fingerprint density at radius 3 is 2.58 bits per heavy atom. The standard InChI is InChI=1S/C16H11F2N3O2S/c1-9(14(22)11-2-3-12(17)13(18)8-11)24-16-21-20-15(23-16)10-4-6-19-7-5-10/h2-9H,1H3/t9-/m1/s1. The number of rotatable bonds is 5. The van der Waals surface area contributed by atoms with E-state index in [1.54, 1.807) is 31.5 Å². The molecule has 1 atom stereocenters. The number of aromatic nitrogens is 3. The zero-order chi connectivity index (χ0) is 17.1. The predicted octanol–water partition coefficient (Wildman–Crippen LogP) is 3.77. The summed E-state index contributed by atoms with van der Waals surface area (Å²) < 4.78 is 31.7. The number of pyridine rings is 1. The van der Waals surface area contributed by atoms with E-state index in [1.807, 2.05) is 0 Å². The van der Waals surface area contributed by atoms with Gasteiger partial charge in [0.2, 0.25) is 5.89 Å². The van der Waals surface area contributed by atoms with Crippen LogP contribution in [0.1, 0.15) is 17.3 Å². The highest BCUT2D eigenvalue weighted by atomic mass is 32.2. The smallest absolute Gasteiger partial charge is 0.277 e. The maximum Gasteiger partial charge on any atom is 0.277 e. The summed E-state index contributed by atoms with van der Waals surface area (Å²) in [4.78, 5) is 16.2. The van der Waals surface area contributed by atoms with E-state index in [2.05, 4.69) is 15.2 Å². The molecule has 0 aliphatic rings. The van der Waals surface area contributed by atoms with E-state index < -0.39 is 16.9 Å². The van der Waals surface area contributed by atoms with Crippen LogP contribution < -0.4 is 0 Å². The Labute approximate surface area is 140 Å². The maximum absolute atomic E-state index is 13.2. The molecule has 24 heavy (non-hydrogen) atoms. The van der Waals surface area contributed by atoms with Crippen LogP contribution in [-0.2, 0) is 0 Å². The average Bonchev–Trinajstić information content (AvgIpc) is 3.06. The first-order chi connectivity index (χ1) is 11.5. The summed E-state index contributed by atoms with van der Waals surface area (Å²) in [6.07, 6.45) is 3.20. The number of halogens is 2. The Kier molecular flexibility index (Phi) is 4.66. The van der Waals surface area contributed by atoms with E-state index in [0.29, 0.717) is 11.5 Å². The van der Waals surface area contributed by atoms with Gasteiger partial charge in [0.25, 0.3) is 5.22 Å². The fraction of sp³-hybridized carbons (Fsp3) is 0.125. The molecule has 2 heterocycles. The van der Waals surface area contributed by atoms with Crippen LogP contribution in [0.15, 0.2) is 52.4 Å². The number of thioether (sulfide) groups is 1. The first-order valence-corrected chi connectivity index (χ1v) is 7.82. The lowest BCUT2D eigenvalue weighted by Crippen LogP contribution is -2.14. The Morgan fingerprint density at radius 2 is 1.88 bits per heavy atom. The third kappa shape index (κ3) is 3.48. The number of Topliss-reactive ketones (excluding diaryl/α,β-unsaturated/α-hetero) is 1. The van der Waals surface area contributed by atoms with Crippen LogP contribution in [-0.4, -0.2) is 26.2 Å². The lowest BCUT2D eigenvalue weighted by atomic mass is 10.1. The number of carbonyl (C=O) groups is 1. The molecule has 0 amide bonds. The Balaban J connectivity index is 1.72. The van der Waals surface area contributed by atoms with E-state index in [9.17, 15) is 13.6 Å². The van der Waals surface area contributed by atoms with E-state index >= 15 is 0 Å². The Morgan fingerprint density at radius 1 is 1.12 bits per heavy atom. The lowest BCUT2D eigenvalue weighted by Gasteiger charge is -2.07. The fourth-order valence-corrected chi connectivity index (χ4v) is 2.72. The molecule has 0 bridgehead atoms. The summed E-state index contributed by atoms with van der Waals surface area (Å²) in [5.41, 5.74) is 0.798. The minimum Gasteiger partial charge on any atom is -0.411 e. The molecule has 0 aliphatic carbocycles. The first-order valence-electron chi connectivity index (χ1n) is 6.94. The second-order valence-corrected chi connectivity index (χ2v) is 6.15. The summed E-state index contributed by atoms with van der Waals surface area (Å²) in [7, 11) is 0. The van der Waals surface area contributed by atoms with E-state index in [0.717, 1.165) is 23.9 Å². The quantitative estimate of drug-likeness (QED) is 0.517. The van der Waals surface area contributed by atoms with Gasteiger partial charge in [0.1, 0.15) is 0 Å². The number of benzene rings is 1. The highest BCUT2D eigenvalue weighted by Crippen LogP contribution is 2.27. The fourth-order valence-electron chi connectivity index (χ4n) is 1.96. The minimum absolute atomic E-state index is 0.0859. The summed E-state index contributed by atoms with van der Waals surface area (Å²) in [5, 5.41) is 7.41. The largest absolute Gasteiger partial charge is 0.411 e. The number of nitrogens with zero attached hydrogens (tertiary/aromatic N) is 3. The van der Waals surface area contributed by atoms with Crippen molar-refractivity contribution in [2.24, 2.45) is 0 Å². The van der Waals surface area contributed by atoms with Crippen LogP contribution in [0.2, 0.25) is 0 Å². The molecule has 0 N–H and O–H groups in total. The first kappa shape index (κ1) is 16.3. The molecule has 0 fully saturated rings. The highest BCUT2D eigenvalue weighted by Gasteiger charge is 2.21. The van der Waals surface area contributed by atoms with Gasteiger partial charge in [0.15, 0.2) is 17.4 Å². The third-order valence-corrected chi connectivity index (χ3v) is 4.12. The van der Waals surface area contributed by atoms with Crippen LogP contribution in [0, 0.1) is 11.6 Å². The molecular formula is C16H11F2N3O2S. The van der Waals surface area contributed by atoms with E-state index in [1.165, 1.54) is 6.07 Å². The van der Waals surface area contributed by atoms with Crippen LogP contribution >= 0.6 is 11.8 Å². The van der Waals surface area contributed by atoms with Crippen LogP contribution in [0.25, 0.3) is 11.5 Å². The summed E-state index contributed by atoms with van der Waals surface area (Å²) >= 11 is 1.05. The van der Waals surface area contributed by atoms with Gasteiger partial charge in [-0.05, 0) is 37.3 Å². The topological polar surface area (TPSA) is 68.9 Å². The van der Waals surface area contributed by atoms with Gasteiger partial charge in [-0.2, -0.15) is 0 Å². The molecule has 8 heteroatoms. The summed E-state index contributed by atoms with van der Waals surface area (Å²) in [5.74, 6) is -2.10. The molecule has 0 saturated heterocycles. The minimum atomic E-state index is -1.06. The van der Waals surface area contributed by atoms with Crippen molar-refractivity contribution >= 4 is 17.5 Å². The van der Waals surface area contributed by atoms with Crippen molar-refractivity contribution in [3.8, 4) is 11.5 Å². The van der Waals surface area contributed by atoms with Crippen molar-refractivity contribution in [1.82, 2.24) is 15.2 Å². The Hall–Kier alpha value is -2.61. The lowest BCUT2D eigenvalue weighted by molar-refractivity contribution is 0.0993. The molecule has 0 spiro atoms. The number of hydrogen-bond donors (Lipinski definition) is 0. The molecule has 122 valence electrons. The van der Waals surface area contributed by atoms with Crippen molar-refractivity contribution in [1.29, 1.82) is 0 Å². The zero-order valence-electron chi connectivity index (χ0n) is 12.4. The molecule has 5 nitrogen and oxygen atoms in total. The molecular weight excluding hydrogens is 336 g/mol. The second kappa shape index (κ2) is 6.88. The third-order valence-electron chi connectivity index (χ3n) is 3.18. The Bertz CT molecular complexity index is 871. The number of hydrogen-bond acceptors (Lipinski definition) is 6. The van der Waals surface area contributed by atoms with E-state index in [4.69, 9.17) is 4.42 Å². The molecule has 0 unspecified atom stereocenters. The molecule has 0 saturated carbocycles. The van der Waals surface area contributed by atoms with E-state index in [-0.39, 0.29) is 16.6 Å². The van der Waals surface area contributed by atoms with Gasteiger partial charge in [-0.3, -0.25) is 9.78 Å². The van der Waals surface area contributed by atoms with Crippen molar-refractivity contribution in [2.45, 2.75) is 17.4 Å². The van der Waals surface area contributed by atoms with Crippen LogP contribution in [0.3, 0.4) is 0 Å². The zero-order valence-corrected chi connectivity index (χ0v) is 13.3. The van der Waals surface area contributed by atoms with Crippen molar-refractivity contribution in [3.05, 3.63) is 59.9 Å². The van der Waals surface area contributed by atoms with Crippen LogP contribution in [0.4, 0.5) is 8.78 Å². The molecule has 0 aliphatic heterocycles. The molecule has 3 rings (SSSR count). The van der Waals surface area contributed by atoms with Crippen molar-refractivity contribution in [2.75, 3.05) is 0 Å². The highest BCUT2D eigenvalue weighted by molar-refractivity contribution is 8.00. The summed E-state index contributed by atoms with van der Waals surface area (Å²) in [6.45, 7) is 1.63. The predicted molar refractivity (Wildman–Crippen MR) is 83.5 cm³/mol. The van der Waals surface area contributed by atoms with Gasteiger partial charge in [0.05, 0.1) is 5.25 Å². The van der Waals surface area contributed by atoms with Gasteiger partial charge in [-0.15, -0.1) is 10.2 Å². The normalized spacial score (nSPS) is 12.1. The van der Waals surface area contributed by atoms with Gasteiger partial charge in [-0.25, -0.2) is 8.78 Å². The molecule has 1 aromatic carbocycles. The van der Waals surface area contributed by atoms with Crippen molar-refractivity contribution < 1.29 is 18.0 Å². The van der Waals surface area contributed by atoms with Crippen molar-refractivity contribution in [3.63, 3.8) is 0 Å². The second-order valence-electron chi connectivity index (χ2n) is 4.86. The van der Waals surface area contributed by atoms with Crippen LogP contribution in [0.5, 0.6) is 0 Å². The molecule has 0 radical (unpaired) electrons. The molecule has 3 aromatic rings. The van der Waals surface area contributed by atoms with Gasteiger partial charge in [-0.1, -0.05) is 11.8 Å². The van der Waals surface area contributed by atoms with Gasteiger partial charge in [0, 0.05) is 23.5 Å². The van der Waals surface area contributed by atoms with Gasteiger partial charge < -0.3 is 4.42 Å². The van der Waals surface area contributed by atoms with Gasteiger partial charge >= 0.3 is 0 Å². The molecule has 2 aromatic heterocycles. The number of carbonyl (C=O) groups excluding carboxylic acids is 1. The SMILES string of the molecule is C[C@@H](Sc1nnc(-c2ccncc2)o1)C(=O)c1ccc(F)c(F)c1.